The zero-order valence-electron chi connectivity index (χ0n) is 13.7. The number of esters is 1. The highest BCUT2D eigenvalue weighted by molar-refractivity contribution is 6.33. The molecule has 24 heavy (non-hydrogen) atoms. The predicted octanol–water partition coefficient (Wildman–Crippen LogP) is 3.81. The number of carbonyl (C=O) groups is 1. The van der Waals surface area contributed by atoms with E-state index in [9.17, 15) is 4.79 Å². The molecule has 1 aliphatic rings. The minimum atomic E-state index is -0.416. The van der Waals surface area contributed by atoms with E-state index in [0.29, 0.717) is 16.6 Å². The van der Waals surface area contributed by atoms with Crippen molar-refractivity contribution in [2.24, 2.45) is 0 Å². The topological polar surface area (TPSA) is 41.6 Å². The highest BCUT2D eigenvalue weighted by atomic mass is 35.5. The number of nitrogens with zero attached hydrogens (tertiary/aromatic N) is 1. The molecule has 126 valence electrons. The second-order valence-electron chi connectivity index (χ2n) is 6.04. The Kier molecular flexibility index (Phi) is 5.38. The van der Waals surface area contributed by atoms with Crippen molar-refractivity contribution < 1.29 is 9.53 Å². The van der Waals surface area contributed by atoms with Crippen molar-refractivity contribution in [3.8, 4) is 0 Å². The van der Waals surface area contributed by atoms with Crippen LogP contribution in [0.1, 0.15) is 22.3 Å². The molecule has 2 aromatic rings. The zero-order chi connectivity index (χ0) is 16.9. The van der Waals surface area contributed by atoms with Gasteiger partial charge in [0, 0.05) is 31.4 Å². The average molecular weight is 345 g/mol. The summed E-state index contributed by atoms with van der Waals surface area (Å²) in [6, 6.07) is 16.2. The number of hydrogen-bond acceptors (Lipinski definition) is 4. The molecule has 0 radical (unpaired) electrons. The lowest BCUT2D eigenvalue weighted by molar-refractivity contribution is 0.0601. The molecule has 3 rings (SSSR count). The quantitative estimate of drug-likeness (QED) is 0.837. The lowest BCUT2D eigenvalue weighted by Crippen LogP contribution is -2.26. The van der Waals surface area contributed by atoms with Gasteiger partial charge in [0.05, 0.1) is 17.7 Å². The van der Waals surface area contributed by atoms with Crippen molar-refractivity contribution >= 4 is 23.3 Å². The van der Waals surface area contributed by atoms with Gasteiger partial charge >= 0.3 is 5.97 Å². The summed E-state index contributed by atoms with van der Waals surface area (Å²) in [5.74, 6) is -0.416. The van der Waals surface area contributed by atoms with Gasteiger partial charge in [-0.15, -0.1) is 0 Å². The van der Waals surface area contributed by atoms with Crippen LogP contribution in [0.4, 0.5) is 5.69 Å². The summed E-state index contributed by atoms with van der Waals surface area (Å²) >= 11 is 6.06. The fourth-order valence-corrected chi connectivity index (χ4v) is 3.25. The number of halogens is 1. The Hall–Kier alpha value is -2.04. The highest BCUT2D eigenvalue weighted by Gasteiger charge is 2.22. The fourth-order valence-electron chi connectivity index (χ4n) is 3.05. The zero-order valence-corrected chi connectivity index (χ0v) is 14.4. The Morgan fingerprint density at radius 2 is 2.08 bits per heavy atom. The summed E-state index contributed by atoms with van der Waals surface area (Å²) in [5.41, 5.74) is 2.62. The molecule has 1 heterocycles. The van der Waals surface area contributed by atoms with E-state index in [1.54, 1.807) is 12.1 Å². The molecule has 1 aliphatic heterocycles. The Morgan fingerprint density at radius 3 is 2.83 bits per heavy atom. The first-order chi connectivity index (χ1) is 11.7. The number of carbonyl (C=O) groups excluding carboxylic acids is 1. The van der Waals surface area contributed by atoms with Crippen LogP contribution >= 0.6 is 11.6 Å². The maximum atomic E-state index is 11.7. The van der Waals surface area contributed by atoms with Gasteiger partial charge in [-0.3, -0.25) is 4.90 Å². The number of ether oxygens (including phenoxy) is 1. The summed E-state index contributed by atoms with van der Waals surface area (Å²) < 4.78 is 4.77. The molecule has 4 nitrogen and oxygen atoms in total. The van der Waals surface area contributed by atoms with Gasteiger partial charge in [-0.25, -0.2) is 4.79 Å². The number of methoxy groups -OCH3 is 1. The highest BCUT2D eigenvalue weighted by Crippen LogP contribution is 2.24. The Balaban J connectivity index is 1.60. The van der Waals surface area contributed by atoms with Crippen LogP contribution in [0.25, 0.3) is 0 Å². The molecule has 0 bridgehead atoms. The minimum Gasteiger partial charge on any atom is -0.465 e. The van der Waals surface area contributed by atoms with Gasteiger partial charge in [0.2, 0.25) is 0 Å². The van der Waals surface area contributed by atoms with E-state index in [1.165, 1.54) is 12.7 Å². The molecule has 1 saturated heterocycles. The summed E-state index contributed by atoms with van der Waals surface area (Å²) in [4.78, 5) is 14.2. The van der Waals surface area contributed by atoms with E-state index >= 15 is 0 Å². The molecule has 1 fully saturated rings. The van der Waals surface area contributed by atoms with Gasteiger partial charge in [0.25, 0.3) is 0 Å². The molecule has 1 atom stereocenters. The van der Waals surface area contributed by atoms with Gasteiger partial charge in [-0.2, -0.15) is 0 Å². The van der Waals surface area contributed by atoms with Crippen molar-refractivity contribution in [1.29, 1.82) is 0 Å². The van der Waals surface area contributed by atoms with Gasteiger partial charge in [0.15, 0.2) is 0 Å². The number of rotatable bonds is 5. The third-order valence-corrected chi connectivity index (χ3v) is 4.59. The fraction of sp³-hybridized carbons (Fsp3) is 0.316. The molecule has 2 aromatic carbocycles. The second-order valence-corrected chi connectivity index (χ2v) is 6.44. The standard InChI is InChI=1S/C19H21ClN2O2/c1-24-19(23)17-11-15(7-8-18(17)20)21-16-9-10-22(13-16)12-14-5-3-2-4-6-14/h2-8,11,16,21H,9-10,12-13H2,1H3. The third kappa shape index (κ3) is 4.08. The second kappa shape index (κ2) is 7.69. The summed E-state index contributed by atoms with van der Waals surface area (Å²) in [6.07, 6.45) is 1.07. The number of anilines is 1. The molecule has 5 heteroatoms. The van der Waals surface area contributed by atoms with E-state index in [-0.39, 0.29) is 0 Å². The Morgan fingerprint density at radius 1 is 1.29 bits per heavy atom. The average Bonchev–Trinajstić information content (AvgIpc) is 3.03. The van der Waals surface area contributed by atoms with Crippen molar-refractivity contribution in [2.75, 3.05) is 25.5 Å². The van der Waals surface area contributed by atoms with Crippen LogP contribution in [0.5, 0.6) is 0 Å². The van der Waals surface area contributed by atoms with Crippen LogP contribution < -0.4 is 5.32 Å². The first kappa shape index (κ1) is 16.8. The molecular weight excluding hydrogens is 324 g/mol. The summed E-state index contributed by atoms with van der Waals surface area (Å²) in [7, 11) is 1.36. The van der Waals surface area contributed by atoms with Crippen LogP contribution in [-0.4, -0.2) is 37.1 Å². The molecule has 0 amide bonds. The third-order valence-electron chi connectivity index (χ3n) is 4.26. The van der Waals surface area contributed by atoms with Gasteiger partial charge in [-0.1, -0.05) is 41.9 Å². The first-order valence-electron chi connectivity index (χ1n) is 8.06. The Bertz CT molecular complexity index is 706. The lowest BCUT2D eigenvalue weighted by atomic mass is 10.1. The van der Waals surface area contributed by atoms with Crippen molar-refractivity contribution in [1.82, 2.24) is 4.90 Å². The van der Waals surface area contributed by atoms with E-state index in [2.05, 4.69) is 34.5 Å². The van der Waals surface area contributed by atoms with E-state index in [0.717, 1.165) is 31.7 Å². The molecule has 0 aromatic heterocycles. The van der Waals surface area contributed by atoms with Crippen LogP contribution in [0.2, 0.25) is 5.02 Å². The number of hydrogen-bond donors (Lipinski definition) is 1. The molecule has 0 spiro atoms. The number of likely N-dealkylation sites (tertiary alicyclic amines) is 1. The summed E-state index contributed by atoms with van der Waals surface area (Å²) in [6.45, 7) is 3.00. The molecule has 1 N–H and O–H groups in total. The summed E-state index contributed by atoms with van der Waals surface area (Å²) in [5, 5.41) is 3.90. The van der Waals surface area contributed by atoms with Crippen molar-refractivity contribution in [3.63, 3.8) is 0 Å². The minimum absolute atomic E-state index is 0.361. The smallest absolute Gasteiger partial charge is 0.339 e. The van der Waals surface area contributed by atoms with Crippen molar-refractivity contribution in [3.05, 3.63) is 64.7 Å². The first-order valence-corrected chi connectivity index (χ1v) is 8.44. The van der Waals surface area contributed by atoms with Crippen LogP contribution in [-0.2, 0) is 11.3 Å². The number of nitrogens with one attached hydrogen (secondary N) is 1. The molecule has 1 unspecified atom stereocenters. The van der Waals surface area contributed by atoms with Crippen LogP contribution in [0.3, 0.4) is 0 Å². The van der Waals surface area contributed by atoms with E-state index < -0.39 is 5.97 Å². The van der Waals surface area contributed by atoms with E-state index in [4.69, 9.17) is 16.3 Å². The monoisotopic (exact) mass is 344 g/mol. The van der Waals surface area contributed by atoms with Gasteiger partial charge < -0.3 is 10.1 Å². The maximum Gasteiger partial charge on any atom is 0.339 e. The lowest BCUT2D eigenvalue weighted by Gasteiger charge is -2.18. The van der Waals surface area contributed by atoms with Crippen LogP contribution in [0, 0.1) is 0 Å². The molecule has 0 aliphatic carbocycles. The molecular formula is C19H21ClN2O2. The Labute approximate surface area is 147 Å². The van der Waals surface area contributed by atoms with Crippen LogP contribution in [0.15, 0.2) is 48.5 Å². The van der Waals surface area contributed by atoms with Crippen molar-refractivity contribution in [2.45, 2.75) is 19.0 Å². The molecule has 0 saturated carbocycles. The largest absolute Gasteiger partial charge is 0.465 e. The maximum absolute atomic E-state index is 11.7. The number of benzene rings is 2. The van der Waals surface area contributed by atoms with Gasteiger partial charge in [0.1, 0.15) is 0 Å². The SMILES string of the molecule is COC(=O)c1cc(NC2CCN(Cc3ccccc3)C2)ccc1Cl. The van der Waals surface area contributed by atoms with E-state index in [1.807, 2.05) is 12.1 Å². The predicted molar refractivity (Wildman–Crippen MR) is 96.5 cm³/mol. The normalized spacial score (nSPS) is 17.7. The van der Waals surface area contributed by atoms with Gasteiger partial charge in [-0.05, 0) is 30.2 Å².